The summed E-state index contributed by atoms with van der Waals surface area (Å²) in [4.78, 5) is 0. The van der Waals surface area contributed by atoms with Gasteiger partial charge in [0.1, 0.15) is 5.82 Å². The Hall–Kier alpha value is -0.740. The second kappa shape index (κ2) is 5.98. The number of anilines is 1. The molecule has 0 radical (unpaired) electrons. The normalized spacial score (nSPS) is 12.7. The number of hydrogen-bond donors (Lipinski definition) is 2. The number of aliphatic hydroxyl groups excluding tert-OH is 1. The van der Waals surface area contributed by atoms with Crippen LogP contribution in [0, 0.1) is 11.7 Å². The molecular weight excluding hydrogens is 213 g/mol. The molecule has 1 aromatic rings. The average molecular weight is 229 g/mol. The Kier molecular flexibility index (Phi) is 4.91. The molecule has 0 aliphatic carbocycles. The Morgan fingerprint density at radius 2 is 2.27 bits per heavy atom. The molecule has 1 atom stereocenters. The van der Waals surface area contributed by atoms with Gasteiger partial charge in [-0.1, -0.05) is 13.0 Å². The van der Waals surface area contributed by atoms with Crippen LogP contribution in [0.1, 0.15) is 12.5 Å². The average Bonchev–Trinajstić information content (AvgIpc) is 2.22. The van der Waals surface area contributed by atoms with Crippen LogP contribution >= 0.6 is 11.8 Å². The van der Waals surface area contributed by atoms with E-state index in [0.717, 1.165) is 5.75 Å². The third-order valence-electron chi connectivity index (χ3n) is 2.12. The van der Waals surface area contributed by atoms with E-state index in [1.807, 2.05) is 6.92 Å². The maximum absolute atomic E-state index is 13.3. The number of nitrogen functional groups attached to an aromatic ring is 1. The van der Waals surface area contributed by atoms with E-state index < -0.39 is 0 Å². The fourth-order valence-electron chi connectivity index (χ4n) is 1.14. The summed E-state index contributed by atoms with van der Waals surface area (Å²) in [5.41, 5.74) is 6.73. The molecule has 0 aromatic heterocycles. The standard InChI is InChI=1S/C11H16FNOS/c1-8(5-14)6-15-7-9-10(12)3-2-4-11(9)13/h2-4,8,14H,5-7,13H2,1H3. The third-order valence-corrected chi connectivity index (χ3v) is 3.41. The van der Waals surface area contributed by atoms with E-state index in [1.165, 1.54) is 6.07 Å². The van der Waals surface area contributed by atoms with Crippen LogP contribution in [-0.4, -0.2) is 17.5 Å². The van der Waals surface area contributed by atoms with Crippen LogP contribution in [0.25, 0.3) is 0 Å². The molecule has 0 saturated heterocycles. The van der Waals surface area contributed by atoms with Gasteiger partial charge >= 0.3 is 0 Å². The summed E-state index contributed by atoms with van der Waals surface area (Å²) in [6.45, 7) is 2.12. The Balaban J connectivity index is 2.50. The number of rotatable bonds is 5. The third kappa shape index (κ3) is 3.72. The Labute approximate surface area is 93.7 Å². The van der Waals surface area contributed by atoms with E-state index in [2.05, 4.69) is 0 Å². The highest BCUT2D eigenvalue weighted by atomic mass is 32.2. The summed E-state index contributed by atoms with van der Waals surface area (Å²) in [7, 11) is 0. The van der Waals surface area contributed by atoms with Crippen molar-refractivity contribution in [1.29, 1.82) is 0 Å². The van der Waals surface area contributed by atoms with Crippen LogP contribution in [0.5, 0.6) is 0 Å². The van der Waals surface area contributed by atoms with Gasteiger partial charge < -0.3 is 10.8 Å². The predicted molar refractivity (Wildman–Crippen MR) is 63.2 cm³/mol. The first-order valence-electron chi connectivity index (χ1n) is 4.86. The van der Waals surface area contributed by atoms with Crippen molar-refractivity contribution in [2.45, 2.75) is 12.7 Å². The van der Waals surface area contributed by atoms with E-state index >= 15 is 0 Å². The first-order valence-corrected chi connectivity index (χ1v) is 6.02. The molecule has 84 valence electrons. The molecule has 4 heteroatoms. The highest BCUT2D eigenvalue weighted by Gasteiger charge is 2.07. The van der Waals surface area contributed by atoms with Crippen LogP contribution in [0.3, 0.4) is 0 Å². The van der Waals surface area contributed by atoms with Crippen molar-refractivity contribution in [3.05, 3.63) is 29.6 Å². The first kappa shape index (κ1) is 12.3. The quantitative estimate of drug-likeness (QED) is 0.761. The van der Waals surface area contributed by atoms with E-state index in [0.29, 0.717) is 17.0 Å². The van der Waals surface area contributed by atoms with Crippen LogP contribution in [0.15, 0.2) is 18.2 Å². The molecule has 2 nitrogen and oxygen atoms in total. The van der Waals surface area contributed by atoms with Gasteiger partial charge in [0.05, 0.1) is 0 Å². The number of benzene rings is 1. The maximum atomic E-state index is 13.3. The van der Waals surface area contributed by atoms with E-state index in [-0.39, 0.29) is 18.3 Å². The van der Waals surface area contributed by atoms with E-state index in [9.17, 15) is 4.39 Å². The molecule has 0 fully saturated rings. The highest BCUT2D eigenvalue weighted by Crippen LogP contribution is 2.22. The summed E-state index contributed by atoms with van der Waals surface area (Å²) in [5.74, 6) is 1.36. The molecule has 0 saturated carbocycles. The number of thioether (sulfide) groups is 1. The molecule has 15 heavy (non-hydrogen) atoms. The van der Waals surface area contributed by atoms with Gasteiger partial charge in [0, 0.05) is 23.6 Å². The number of hydrogen-bond acceptors (Lipinski definition) is 3. The molecule has 0 bridgehead atoms. The summed E-state index contributed by atoms with van der Waals surface area (Å²) in [6, 6.07) is 4.73. The second-order valence-electron chi connectivity index (χ2n) is 3.61. The van der Waals surface area contributed by atoms with Crippen molar-refractivity contribution in [2.75, 3.05) is 18.1 Å². The van der Waals surface area contributed by atoms with Crippen molar-refractivity contribution in [1.82, 2.24) is 0 Å². The van der Waals surface area contributed by atoms with Gasteiger partial charge in [-0.2, -0.15) is 11.8 Å². The van der Waals surface area contributed by atoms with Gasteiger partial charge in [-0.3, -0.25) is 0 Å². The zero-order valence-electron chi connectivity index (χ0n) is 8.74. The van der Waals surface area contributed by atoms with Crippen molar-refractivity contribution in [2.24, 2.45) is 5.92 Å². The molecular formula is C11H16FNOS. The summed E-state index contributed by atoms with van der Waals surface area (Å²) >= 11 is 1.59. The SMILES string of the molecule is CC(CO)CSCc1c(N)cccc1F. The zero-order chi connectivity index (χ0) is 11.3. The van der Waals surface area contributed by atoms with Gasteiger partial charge in [0.2, 0.25) is 0 Å². The molecule has 1 rings (SSSR count). The van der Waals surface area contributed by atoms with Crippen LogP contribution < -0.4 is 5.73 Å². The zero-order valence-corrected chi connectivity index (χ0v) is 9.56. The summed E-state index contributed by atoms with van der Waals surface area (Å²) in [6.07, 6.45) is 0. The molecule has 0 amide bonds. The molecule has 0 aliphatic rings. The highest BCUT2D eigenvalue weighted by molar-refractivity contribution is 7.98. The van der Waals surface area contributed by atoms with E-state index in [1.54, 1.807) is 23.9 Å². The van der Waals surface area contributed by atoms with Gasteiger partial charge in [0.15, 0.2) is 0 Å². The molecule has 1 aromatic carbocycles. The number of aliphatic hydroxyl groups is 1. The Morgan fingerprint density at radius 1 is 1.53 bits per heavy atom. The lowest BCUT2D eigenvalue weighted by Crippen LogP contribution is -2.04. The monoisotopic (exact) mass is 229 g/mol. The van der Waals surface area contributed by atoms with Gasteiger partial charge in [-0.25, -0.2) is 4.39 Å². The van der Waals surface area contributed by atoms with Gasteiger partial charge in [-0.15, -0.1) is 0 Å². The Morgan fingerprint density at radius 3 is 2.87 bits per heavy atom. The van der Waals surface area contributed by atoms with Crippen LogP contribution in [0.2, 0.25) is 0 Å². The topological polar surface area (TPSA) is 46.2 Å². The van der Waals surface area contributed by atoms with Crippen molar-refractivity contribution < 1.29 is 9.50 Å². The largest absolute Gasteiger partial charge is 0.398 e. The maximum Gasteiger partial charge on any atom is 0.129 e. The van der Waals surface area contributed by atoms with Gasteiger partial charge in [-0.05, 0) is 23.8 Å². The molecule has 0 aliphatic heterocycles. The lowest BCUT2D eigenvalue weighted by Gasteiger charge is -2.09. The lowest BCUT2D eigenvalue weighted by molar-refractivity contribution is 0.250. The van der Waals surface area contributed by atoms with Gasteiger partial charge in [0.25, 0.3) is 0 Å². The minimum absolute atomic E-state index is 0.166. The minimum Gasteiger partial charge on any atom is -0.398 e. The first-order chi connectivity index (χ1) is 7.15. The summed E-state index contributed by atoms with van der Waals surface area (Å²) < 4.78 is 13.3. The lowest BCUT2D eigenvalue weighted by atomic mass is 10.2. The fourth-order valence-corrected chi connectivity index (χ4v) is 2.28. The summed E-state index contributed by atoms with van der Waals surface area (Å²) in [5, 5.41) is 8.83. The fraction of sp³-hybridized carbons (Fsp3) is 0.455. The van der Waals surface area contributed by atoms with Crippen molar-refractivity contribution in [3.63, 3.8) is 0 Å². The smallest absolute Gasteiger partial charge is 0.129 e. The van der Waals surface area contributed by atoms with Crippen LogP contribution in [-0.2, 0) is 5.75 Å². The molecule has 0 spiro atoms. The Bertz CT molecular complexity index is 299. The second-order valence-corrected chi connectivity index (χ2v) is 4.64. The predicted octanol–water partition coefficient (Wildman–Crippen LogP) is 2.27. The molecule has 3 N–H and O–H groups in total. The molecule has 0 heterocycles. The van der Waals surface area contributed by atoms with Crippen molar-refractivity contribution >= 4 is 17.4 Å². The molecule has 1 unspecified atom stereocenters. The van der Waals surface area contributed by atoms with E-state index in [4.69, 9.17) is 10.8 Å². The number of nitrogens with two attached hydrogens (primary N) is 1. The van der Waals surface area contributed by atoms with Crippen LogP contribution in [0.4, 0.5) is 10.1 Å². The minimum atomic E-state index is -0.251. The van der Waals surface area contributed by atoms with Crippen molar-refractivity contribution in [3.8, 4) is 0 Å². The number of halogens is 1.